The number of likely N-dealkylation sites (tertiary alicyclic amines) is 1. The zero-order chi connectivity index (χ0) is 16.1. The molecule has 0 spiro atoms. The molecule has 1 aromatic carbocycles. The summed E-state index contributed by atoms with van der Waals surface area (Å²) < 4.78 is 3.92. The van der Waals surface area contributed by atoms with Crippen LogP contribution in [0.5, 0.6) is 0 Å². The number of benzene rings is 1. The SMILES string of the molecule is CCc1nnsc1C(=O)NC(CN1CCCC1)c1ccccc1. The molecule has 1 aromatic heterocycles. The van der Waals surface area contributed by atoms with E-state index in [4.69, 9.17) is 0 Å². The molecule has 0 radical (unpaired) electrons. The predicted octanol–water partition coefficient (Wildman–Crippen LogP) is 2.67. The van der Waals surface area contributed by atoms with E-state index < -0.39 is 0 Å². The van der Waals surface area contributed by atoms with Crippen LogP contribution in [0.4, 0.5) is 0 Å². The first-order valence-corrected chi connectivity index (χ1v) is 8.94. The van der Waals surface area contributed by atoms with Crippen molar-refractivity contribution in [2.45, 2.75) is 32.2 Å². The van der Waals surface area contributed by atoms with Crippen LogP contribution in [0.3, 0.4) is 0 Å². The molecular weight excluding hydrogens is 308 g/mol. The molecule has 1 amide bonds. The molecule has 3 rings (SSSR count). The number of aryl methyl sites for hydroxylation is 1. The van der Waals surface area contributed by atoms with Gasteiger partial charge in [0.25, 0.3) is 5.91 Å². The minimum absolute atomic E-state index is 0.00592. The van der Waals surface area contributed by atoms with Crippen LogP contribution in [0.2, 0.25) is 0 Å². The molecule has 0 saturated carbocycles. The third kappa shape index (κ3) is 3.95. The first-order valence-electron chi connectivity index (χ1n) is 8.17. The van der Waals surface area contributed by atoms with Crippen molar-refractivity contribution in [1.29, 1.82) is 0 Å². The lowest BCUT2D eigenvalue weighted by Gasteiger charge is -2.24. The Labute approximate surface area is 140 Å². The number of nitrogens with zero attached hydrogens (tertiary/aromatic N) is 3. The van der Waals surface area contributed by atoms with E-state index in [9.17, 15) is 4.79 Å². The second kappa shape index (κ2) is 7.66. The smallest absolute Gasteiger partial charge is 0.265 e. The molecule has 1 N–H and O–H groups in total. The van der Waals surface area contributed by atoms with Crippen molar-refractivity contribution in [2.24, 2.45) is 0 Å². The van der Waals surface area contributed by atoms with Gasteiger partial charge in [0.2, 0.25) is 0 Å². The largest absolute Gasteiger partial charge is 0.343 e. The molecule has 5 nitrogen and oxygen atoms in total. The standard InChI is InChI=1S/C17H22N4OS/c1-2-14-16(23-20-19-14)17(22)18-15(12-21-10-6-7-11-21)13-8-4-3-5-9-13/h3-5,8-9,15H,2,6-7,10-12H2,1H3,(H,18,22). The Morgan fingerprint density at radius 1 is 1.30 bits per heavy atom. The number of carbonyl (C=O) groups excluding carboxylic acids is 1. The monoisotopic (exact) mass is 330 g/mol. The van der Waals surface area contributed by atoms with Crippen LogP contribution in [-0.2, 0) is 6.42 Å². The average molecular weight is 330 g/mol. The number of rotatable bonds is 6. The van der Waals surface area contributed by atoms with E-state index in [1.807, 2.05) is 25.1 Å². The van der Waals surface area contributed by atoms with Gasteiger partial charge in [0.05, 0.1) is 11.7 Å². The number of carbonyl (C=O) groups is 1. The number of hydrogen-bond acceptors (Lipinski definition) is 5. The summed E-state index contributed by atoms with van der Waals surface area (Å²) in [5, 5.41) is 7.22. The number of nitrogens with one attached hydrogen (secondary N) is 1. The van der Waals surface area contributed by atoms with Gasteiger partial charge in [0.15, 0.2) is 0 Å². The summed E-state index contributed by atoms with van der Waals surface area (Å²) in [4.78, 5) is 15.7. The van der Waals surface area contributed by atoms with Crippen molar-refractivity contribution >= 4 is 17.4 Å². The van der Waals surface area contributed by atoms with Gasteiger partial charge < -0.3 is 10.2 Å². The second-order valence-corrected chi connectivity index (χ2v) is 6.60. The quantitative estimate of drug-likeness (QED) is 0.885. The molecule has 1 atom stereocenters. The Balaban J connectivity index is 1.76. The predicted molar refractivity (Wildman–Crippen MR) is 91.6 cm³/mol. The zero-order valence-corrected chi connectivity index (χ0v) is 14.2. The van der Waals surface area contributed by atoms with E-state index in [0.717, 1.165) is 37.3 Å². The van der Waals surface area contributed by atoms with Crippen molar-refractivity contribution < 1.29 is 4.79 Å². The highest BCUT2D eigenvalue weighted by molar-refractivity contribution is 7.08. The van der Waals surface area contributed by atoms with Crippen LogP contribution < -0.4 is 5.32 Å². The minimum Gasteiger partial charge on any atom is -0.343 e. The van der Waals surface area contributed by atoms with Crippen LogP contribution in [0.1, 0.15) is 46.7 Å². The van der Waals surface area contributed by atoms with Crippen molar-refractivity contribution in [2.75, 3.05) is 19.6 Å². The van der Waals surface area contributed by atoms with Gasteiger partial charge in [-0.05, 0) is 49.4 Å². The fraction of sp³-hybridized carbons (Fsp3) is 0.471. The van der Waals surface area contributed by atoms with E-state index in [1.165, 1.54) is 24.4 Å². The van der Waals surface area contributed by atoms with E-state index in [0.29, 0.717) is 4.88 Å². The molecule has 0 aliphatic carbocycles. The Bertz CT molecular complexity index is 637. The second-order valence-electron chi connectivity index (χ2n) is 5.85. The molecule has 23 heavy (non-hydrogen) atoms. The normalized spacial score (nSPS) is 16.4. The van der Waals surface area contributed by atoms with Gasteiger partial charge >= 0.3 is 0 Å². The van der Waals surface area contributed by atoms with Gasteiger partial charge in [-0.3, -0.25) is 4.79 Å². The summed E-state index contributed by atoms with van der Waals surface area (Å²) in [7, 11) is 0. The molecule has 122 valence electrons. The van der Waals surface area contributed by atoms with Gasteiger partial charge in [0.1, 0.15) is 4.88 Å². The minimum atomic E-state index is -0.0649. The molecule has 1 aliphatic heterocycles. The lowest BCUT2D eigenvalue weighted by molar-refractivity contribution is 0.0930. The molecule has 2 heterocycles. The maximum atomic E-state index is 12.6. The highest BCUT2D eigenvalue weighted by Gasteiger charge is 2.23. The molecule has 0 bridgehead atoms. The van der Waals surface area contributed by atoms with Crippen molar-refractivity contribution in [3.8, 4) is 0 Å². The first-order chi connectivity index (χ1) is 11.3. The van der Waals surface area contributed by atoms with Gasteiger partial charge in [-0.2, -0.15) is 0 Å². The van der Waals surface area contributed by atoms with Crippen molar-refractivity contribution in [3.05, 3.63) is 46.5 Å². The molecule has 1 saturated heterocycles. The van der Waals surface area contributed by atoms with Crippen LogP contribution in [0.15, 0.2) is 30.3 Å². The fourth-order valence-corrected chi connectivity index (χ4v) is 3.63. The molecule has 1 fully saturated rings. The Kier molecular flexibility index (Phi) is 5.35. The zero-order valence-electron chi connectivity index (χ0n) is 13.4. The summed E-state index contributed by atoms with van der Waals surface area (Å²) in [5.41, 5.74) is 1.92. The number of aromatic nitrogens is 2. The lowest BCUT2D eigenvalue weighted by Crippen LogP contribution is -2.37. The lowest BCUT2D eigenvalue weighted by atomic mass is 10.1. The van der Waals surface area contributed by atoms with E-state index in [2.05, 4.69) is 31.9 Å². The van der Waals surface area contributed by atoms with Gasteiger partial charge in [0, 0.05) is 6.54 Å². The van der Waals surface area contributed by atoms with E-state index in [1.54, 1.807) is 0 Å². The van der Waals surface area contributed by atoms with E-state index in [-0.39, 0.29) is 11.9 Å². The molecule has 2 aromatic rings. The summed E-state index contributed by atoms with van der Waals surface area (Å²) in [6, 6.07) is 10.2. The van der Waals surface area contributed by atoms with Crippen LogP contribution in [0, 0.1) is 0 Å². The van der Waals surface area contributed by atoms with Crippen LogP contribution >= 0.6 is 11.5 Å². The average Bonchev–Trinajstić information content (AvgIpc) is 3.26. The Morgan fingerprint density at radius 2 is 2.04 bits per heavy atom. The van der Waals surface area contributed by atoms with Gasteiger partial charge in [-0.1, -0.05) is 41.7 Å². The summed E-state index contributed by atoms with van der Waals surface area (Å²) in [6.07, 6.45) is 3.21. The topological polar surface area (TPSA) is 58.1 Å². The third-order valence-corrected chi connectivity index (χ3v) is 5.01. The summed E-state index contributed by atoms with van der Waals surface area (Å²) in [5.74, 6) is -0.0649. The summed E-state index contributed by atoms with van der Waals surface area (Å²) in [6.45, 7) is 5.07. The van der Waals surface area contributed by atoms with E-state index >= 15 is 0 Å². The molecule has 1 aliphatic rings. The number of hydrogen-bond donors (Lipinski definition) is 1. The van der Waals surface area contributed by atoms with Gasteiger partial charge in [-0.25, -0.2) is 0 Å². The maximum Gasteiger partial charge on any atom is 0.265 e. The Hall–Kier alpha value is -1.79. The summed E-state index contributed by atoms with van der Waals surface area (Å²) >= 11 is 1.18. The first kappa shape index (κ1) is 16.1. The number of amides is 1. The van der Waals surface area contributed by atoms with Gasteiger partial charge in [-0.15, -0.1) is 5.10 Å². The molecule has 1 unspecified atom stereocenters. The molecule has 6 heteroatoms. The van der Waals surface area contributed by atoms with Crippen molar-refractivity contribution in [3.63, 3.8) is 0 Å². The maximum absolute atomic E-state index is 12.6. The van der Waals surface area contributed by atoms with Crippen LogP contribution in [0.25, 0.3) is 0 Å². The van der Waals surface area contributed by atoms with Crippen molar-refractivity contribution in [1.82, 2.24) is 19.8 Å². The third-order valence-electron chi connectivity index (χ3n) is 4.24. The Morgan fingerprint density at radius 3 is 2.74 bits per heavy atom. The highest BCUT2D eigenvalue weighted by atomic mass is 32.1. The van der Waals surface area contributed by atoms with Crippen LogP contribution in [-0.4, -0.2) is 40.0 Å². The fourth-order valence-electron chi connectivity index (χ4n) is 2.98. The molecular formula is C17H22N4OS. The highest BCUT2D eigenvalue weighted by Crippen LogP contribution is 2.19.